The number of benzene rings is 1. The van der Waals surface area contributed by atoms with Gasteiger partial charge in [-0.3, -0.25) is 0 Å². The molecule has 2 fully saturated rings. The first kappa shape index (κ1) is 12.4. The smallest absolute Gasteiger partial charge is 0.147 e. The molecule has 0 amide bonds. The lowest BCUT2D eigenvalue weighted by atomic mass is 10.1. The minimum Gasteiger partial charge on any atom is -0.382 e. The molecular formula is C15H18FN3. The number of halogens is 1. The molecular weight excluding hydrogens is 241 g/mol. The van der Waals surface area contributed by atoms with E-state index in [1.165, 1.54) is 31.9 Å². The van der Waals surface area contributed by atoms with Crippen molar-refractivity contribution >= 4 is 5.69 Å². The fraction of sp³-hybridized carbons (Fsp3) is 0.533. The molecule has 19 heavy (non-hydrogen) atoms. The van der Waals surface area contributed by atoms with Crippen molar-refractivity contribution < 1.29 is 4.39 Å². The zero-order chi connectivity index (χ0) is 13.2. The van der Waals surface area contributed by atoms with Gasteiger partial charge >= 0.3 is 0 Å². The van der Waals surface area contributed by atoms with Crippen molar-refractivity contribution in [3.8, 4) is 6.07 Å². The highest BCUT2D eigenvalue weighted by atomic mass is 19.1. The third kappa shape index (κ3) is 2.87. The summed E-state index contributed by atoms with van der Waals surface area (Å²) in [6, 6.07) is 7.36. The van der Waals surface area contributed by atoms with Crippen molar-refractivity contribution in [2.45, 2.75) is 25.3 Å². The maximum absolute atomic E-state index is 13.7. The van der Waals surface area contributed by atoms with Crippen LogP contribution < -0.4 is 5.32 Å². The van der Waals surface area contributed by atoms with E-state index in [-0.39, 0.29) is 5.82 Å². The summed E-state index contributed by atoms with van der Waals surface area (Å²) in [5.41, 5.74) is 0.868. The normalized spacial score (nSPS) is 23.3. The van der Waals surface area contributed by atoms with Crippen LogP contribution in [0.3, 0.4) is 0 Å². The van der Waals surface area contributed by atoms with E-state index in [4.69, 9.17) is 5.26 Å². The van der Waals surface area contributed by atoms with Crippen LogP contribution in [0.15, 0.2) is 18.2 Å². The maximum atomic E-state index is 13.7. The van der Waals surface area contributed by atoms with E-state index in [2.05, 4.69) is 10.2 Å². The summed E-state index contributed by atoms with van der Waals surface area (Å²) in [7, 11) is 0. The van der Waals surface area contributed by atoms with Crippen LogP contribution in [0, 0.1) is 23.1 Å². The van der Waals surface area contributed by atoms with Gasteiger partial charge in [0.1, 0.15) is 5.82 Å². The number of nitrogens with zero attached hydrogens (tertiary/aromatic N) is 2. The summed E-state index contributed by atoms with van der Waals surface area (Å²) in [4.78, 5) is 2.56. The summed E-state index contributed by atoms with van der Waals surface area (Å²) in [6.45, 7) is 3.13. The van der Waals surface area contributed by atoms with Crippen molar-refractivity contribution in [1.82, 2.24) is 4.90 Å². The van der Waals surface area contributed by atoms with Crippen LogP contribution in [0.2, 0.25) is 0 Å². The average Bonchev–Trinajstić information content (AvgIpc) is 3.17. The Bertz CT molecular complexity index is 505. The Morgan fingerprint density at radius 1 is 1.37 bits per heavy atom. The van der Waals surface area contributed by atoms with Crippen LogP contribution in [0.4, 0.5) is 10.1 Å². The van der Waals surface area contributed by atoms with Crippen LogP contribution in [0.1, 0.15) is 24.8 Å². The van der Waals surface area contributed by atoms with Crippen LogP contribution in [0.5, 0.6) is 0 Å². The summed E-state index contributed by atoms with van der Waals surface area (Å²) < 4.78 is 13.7. The topological polar surface area (TPSA) is 39.1 Å². The molecule has 1 saturated carbocycles. The molecule has 1 aromatic rings. The molecule has 1 aliphatic heterocycles. The van der Waals surface area contributed by atoms with Crippen LogP contribution in [-0.4, -0.2) is 30.6 Å². The fourth-order valence-electron chi connectivity index (χ4n) is 2.78. The zero-order valence-electron chi connectivity index (χ0n) is 10.9. The minimum absolute atomic E-state index is 0.337. The largest absolute Gasteiger partial charge is 0.382 e. The molecule has 1 unspecified atom stereocenters. The monoisotopic (exact) mass is 259 g/mol. The highest BCUT2D eigenvalue weighted by molar-refractivity contribution is 5.48. The molecule has 1 aliphatic carbocycles. The molecule has 4 heteroatoms. The van der Waals surface area contributed by atoms with Gasteiger partial charge in [-0.2, -0.15) is 5.26 Å². The predicted octanol–water partition coefficient (Wildman–Crippen LogP) is 2.59. The highest BCUT2D eigenvalue weighted by Gasteiger charge is 2.34. The lowest BCUT2D eigenvalue weighted by molar-refractivity contribution is 0.316. The second-order valence-electron chi connectivity index (χ2n) is 5.57. The van der Waals surface area contributed by atoms with Crippen molar-refractivity contribution in [1.29, 1.82) is 5.26 Å². The molecule has 100 valence electrons. The van der Waals surface area contributed by atoms with Crippen molar-refractivity contribution in [2.24, 2.45) is 5.92 Å². The molecule has 2 aliphatic rings. The van der Waals surface area contributed by atoms with Crippen LogP contribution in [0.25, 0.3) is 0 Å². The second kappa shape index (κ2) is 5.18. The summed E-state index contributed by atoms with van der Waals surface area (Å²) in [5, 5.41) is 11.9. The van der Waals surface area contributed by atoms with Gasteiger partial charge in [-0.15, -0.1) is 0 Å². The zero-order valence-corrected chi connectivity index (χ0v) is 10.9. The lowest BCUT2D eigenvalue weighted by Gasteiger charge is -2.15. The van der Waals surface area contributed by atoms with Gasteiger partial charge in [0, 0.05) is 19.1 Å². The van der Waals surface area contributed by atoms with E-state index in [1.807, 2.05) is 6.07 Å². The van der Waals surface area contributed by atoms with Gasteiger partial charge < -0.3 is 10.2 Å². The number of likely N-dealkylation sites (tertiary alicyclic amines) is 1. The van der Waals surface area contributed by atoms with Crippen molar-refractivity contribution in [2.75, 3.05) is 25.0 Å². The van der Waals surface area contributed by atoms with Gasteiger partial charge in [0.15, 0.2) is 0 Å². The lowest BCUT2D eigenvalue weighted by Crippen LogP contribution is -2.24. The summed E-state index contributed by atoms with van der Waals surface area (Å²) >= 11 is 0. The Labute approximate surface area is 113 Å². The second-order valence-corrected chi connectivity index (χ2v) is 5.57. The van der Waals surface area contributed by atoms with Crippen LogP contribution >= 0.6 is 0 Å². The molecule has 3 rings (SSSR count). The number of anilines is 1. The molecule has 0 radical (unpaired) electrons. The van der Waals surface area contributed by atoms with Crippen LogP contribution in [-0.2, 0) is 0 Å². The molecule has 0 spiro atoms. The Morgan fingerprint density at radius 2 is 2.21 bits per heavy atom. The minimum atomic E-state index is -0.337. The molecule has 1 saturated heterocycles. The first-order chi connectivity index (χ1) is 9.26. The molecule has 0 bridgehead atoms. The Morgan fingerprint density at radius 3 is 2.89 bits per heavy atom. The summed E-state index contributed by atoms with van der Waals surface area (Å²) in [6.07, 6.45) is 3.90. The molecule has 3 nitrogen and oxygen atoms in total. The van der Waals surface area contributed by atoms with Gasteiger partial charge in [0.2, 0.25) is 0 Å². The van der Waals surface area contributed by atoms with E-state index < -0.39 is 0 Å². The van der Waals surface area contributed by atoms with E-state index in [1.54, 1.807) is 12.1 Å². The number of rotatable bonds is 4. The average molecular weight is 259 g/mol. The fourth-order valence-corrected chi connectivity index (χ4v) is 2.78. The Hall–Kier alpha value is -1.60. The van der Waals surface area contributed by atoms with Gasteiger partial charge in [-0.1, -0.05) is 0 Å². The van der Waals surface area contributed by atoms with Crippen molar-refractivity contribution in [3.05, 3.63) is 29.6 Å². The maximum Gasteiger partial charge on any atom is 0.147 e. The number of hydrogen-bond donors (Lipinski definition) is 1. The standard InChI is InChI=1S/C15H18FN3/c16-14-7-11(8-17)1-4-15(14)18-9-12-5-6-19(10-12)13-2-3-13/h1,4,7,12-13,18H,2-3,5-6,9-10H2. The van der Waals surface area contributed by atoms with Gasteiger partial charge in [0.25, 0.3) is 0 Å². The van der Waals surface area contributed by atoms with E-state index in [9.17, 15) is 4.39 Å². The SMILES string of the molecule is N#Cc1ccc(NCC2CCN(C3CC3)C2)c(F)c1. The van der Waals surface area contributed by atoms with E-state index in [0.29, 0.717) is 17.2 Å². The Kier molecular flexibility index (Phi) is 3.39. The van der Waals surface area contributed by atoms with Gasteiger partial charge in [-0.25, -0.2) is 4.39 Å². The molecule has 1 heterocycles. The third-order valence-electron chi connectivity index (χ3n) is 4.06. The van der Waals surface area contributed by atoms with Gasteiger partial charge in [-0.05, 0) is 49.9 Å². The number of nitriles is 1. The molecule has 0 aromatic heterocycles. The molecule has 1 atom stereocenters. The van der Waals surface area contributed by atoms with E-state index in [0.717, 1.165) is 19.1 Å². The summed E-state index contributed by atoms with van der Waals surface area (Å²) in [5.74, 6) is 0.270. The van der Waals surface area contributed by atoms with Gasteiger partial charge in [0.05, 0.1) is 17.3 Å². The molecule has 1 N–H and O–H groups in total. The quantitative estimate of drug-likeness (QED) is 0.903. The number of nitrogens with one attached hydrogen (secondary N) is 1. The number of hydrogen-bond acceptors (Lipinski definition) is 3. The third-order valence-corrected chi connectivity index (χ3v) is 4.06. The molecule has 1 aromatic carbocycles. The predicted molar refractivity (Wildman–Crippen MR) is 72.3 cm³/mol. The highest BCUT2D eigenvalue weighted by Crippen LogP contribution is 2.31. The Balaban J connectivity index is 1.53. The van der Waals surface area contributed by atoms with E-state index >= 15 is 0 Å². The van der Waals surface area contributed by atoms with Crippen molar-refractivity contribution in [3.63, 3.8) is 0 Å². The first-order valence-corrected chi connectivity index (χ1v) is 6.94. The first-order valence-electron chi connectivity index (χ1n) is 6.94.